The van der Waals surface area contributed by atoms with Gasteiger partial charge >= 0.3 is 5.97 Å². The Hall–Kier alpha value is -2.49. The average Bonchev–Trinajstić information content (AvgIpc) is 2.53. The molecule has 0 fully saturated rings. The van der Waals surface area contributed by atoms with Crippen molar-refractivity contribution in [2.75, 3.05) is 21.3 Å². The molecule has 1 aromatic carbocycles. The highest BCUT2D eigenvalue weighted by atomic mass is 16.5. The molecule has 0 heterocycles. The van der Waals surface area contributed by atoms with Gasteiger partial charge in [-0.25, -0.2) is 4.79 Å². The zero-order valence-electron chi connectivity index (χ0n) is 12.8. The maximum atomic E-state index is 11.8. The number of rotatable bonds is 6. The lowest BCUT2D eigenvalue weighted by molar-refractivity contribution is -0.136. The number of hydrogen-bond donors (Lipinski definition) is 0. The highest BCUT2D eigenvalue weighted by Crippen LogP contribution is 2.19. The first kappa shape index (κ1) is 16.6. The van der Waals surface area contributed by atoms with Crippen molar-refractivity contribution in [1.29, 1.82) is 0 Å². The number of ether oxygens (including phenoxy) is 3. The standard InChI is InChI=1S/C17H20O4/c1-13(15(12-19-2)17(18)21-4)16(20-3)11-10-14-8-6-5-7-9-14/h5-12H,1-4H3/b11-10+,15-12-,16-13+. The normalized spacial score (nSPS) is 12.9. The highest BCUT2D eigenvalue weighted by Gasteiger charge is 2.15. The molecule has 1 rings (SSSR count). The number of carbonyl (C=O) groups is 1. The second-order valence-corrected chi connectivity index (χ2v) is 4.20. The van der Waals surface area contributed by atoms with Gasteiger partial charge in [0.05, 0.1) is 27.6 Å². The van der Waals surface area contributed by atoms with E-state index >= 15 is 0 Å². The van der Waals surface area contributed by atoms with Gasteiger partial charge in [0.2, 0.25) is 0 Å². The van der Waals surface area contributed by atoms with Crippen LogP contribution in [0.2, 0.25) is 0 Å². The third-order valence-electron chi connectivity index (χ3n) is 2.86. The molecule has 0 atom stereocenters. The van der Waals surface area contributed by atoms with Crippen molar-refractivity contribution in [2.45, 2.75) is 6.92 Å². The Kier molecular flexibility index (Phi) is 6.81. The van der Waals surface area contributed by atoms with Gasteiger partial charge in [0.25, 0.3) is 0 Å². The lowest BCUT2D eigenvalue weighted by Gasteiger charge is -2.10. The molecule has 112 valence electrons. The molecule has 0 bridgehead atoms. The van der Waals surface area contributed by atoms with E-state index in [1.54, 1.807) is 20.1 Å². The van der Waals surface area contributed by atoms with Gasteiger partial charge in [-0.15, -0.1) is 0 Å². The molecule has 0 spiro atoms. The molecule has 0 aromatic heterocycles. The number of benzene rings is 1. The summed E-state index contributed by atoms with van der Waals surface area (Å²) in [6.07, 6.45) is 5.05. The molecule has 0 N–H and O–H groups in total. The van der Waals surface area contributed by atoms with E-state index in [4.69, 9.17) is 14.2 Å². The van der Waals surface area contributed by atoms with Crippen molar-refractivity contribution in [1.82, 2.24) is 0 Å². The van der Waals surface area contributed by atoms with Crippen LogP contribution >= 0.6 is 0 Å². The monoisotopic (exact) mass is 288 g/mol. The molecule has 0 aliphatic rings. The summed E-state index contributed by atoms with van der Waals surface area (Å²) in [5.74, 6) is 0.0876. The smallest absolute Gasteiger partial charge is 0.341 e. The summed E-state index contributed by atoms with van der Waals surface area (Å²) in [5.41, 5.74) is 1.99. The minimum absolute atomic E-state index is 0.314. The Morgan fingerprint density at radius 1 is 1.05 bits per heavy atom. The van der Waals surface area contributed by atoms with Crippen LogP contribution in [0.15, 0.2) is 59.6 Å². The van der Waals surface area contributed by atoms with E-state index in [1.165, 1.54) is 20.5 Å². The number of allylic oxidation sites excluding steroid dienone is 1. The SMILES string of the molecule is CO/C=C(C(=O)OC)/C(C)=C(\C=C\c1ccccc1)OC. The van der Waals surface area contributed by atoms with Crippen LogP contribution in [0.25, 0.3) is 6.08 Å². The largest absolute Gasteiger partial charge is 0.503 e. The lowest BCUT2D eigenvalue weighted by Crippen LogP contribution is -2.08. The van der Waals surface area contributed by atoms with Crippen molar-refractivity contribution >= 4 is 12.0 Å². The second-order valence-electron chi connectivity index (χ2n) is 4.20. The Bertz CT molecular complexity index is 553. The van der Waals surface area contributed by atoms with E-state index in [2.05, 4.69) is 0 Å². The van der Waals surface area contributed by atoms with Crippen LogP contribution in [0.4, 0.5) is 0 Å². The minimum atomic E-state index is -0.475. The molecule has 0 aliphatic carbocycles. The zero-order chi connectivity index (χ0) is 15.7. The summed E-state index contributed by atoms with van der Waals surface area (Å²) in [7, 11) is 4.35. The molecule has 4 nitrogen and oxygen atoms in total. The third-order valence-corrected chi connectivity index (χ3v) is 2.86. The predicted octanol–water partition coefficient (Wildman–Crippen LogP) is 3.32. The second kappa shape index (κ2) is 8.64. The van der Waals surface area contributed by atoms with Gasteiger partial charge in [-0.05, 0) is 18.6 Å². The van der Waals surface area contributed by atoms with Crippen molar-refractivity contribution in [3.63, 3.8) is 0 Å². The van der Waals surface area contributed by atoms with Gasteiger partial charge in [-0.2, -0.15) is 0 Å². The van der Waals surface area contributed by atoms with Crippen LogP contribution < -0.4 is 0 Å². The molecule has 0 saturated carbocycles. The summed E-state index contributed by atoms with van der Waals surface area (Å²) in [4.78, 5) is 11.8. The summed E-state index contributed by atoms with van der Waals surface area (Å²) in [5, 5.41) is 0. The van der Waals surface area contributed by atoms with Crippen LogP contribution in [0.5, 0.6) is 0 Å². The molecular weight excluding hydrogens is 268 g/mol. The third kappa shape index (κ3) is 4.84. The van der Waals surface area contributed by atoms with E-state index in [-0.39, 0.29) is 0 Å². The molecule has 21 heavy (non-hydrogen) atoms. The summed E-state index contributed by atoms with van der Waals surface area (Å²) < 4.78 is 15.0. The highest BCUT2D eigenvalue weighted by molar-refractivity contribution is 5.93. The number of methoxy groups -OCH3 is 3. The number of carbonyl (C=O) groups excluding carboxylic acids is 1. The fraction of sp³-hybridized carbons (Fsp3) is 0.235. The van der Waals surface area contributed by atoms with Crippen molar-refractivity contribution < 1.29 is 19.0 Å². The van der Waals surface area contributed by atoms with Crippen molar-refractivity contribution in [3.8, 4) is 0 Å². The van der Waals surface area contributed by atoms with Gasteiger partial charge in [-0.1, -0.05) is 36.4 Å². The van der Waals surface area contributed by atoms with Gasteiger partial charge in [-0.3, -0.25) is 0 Å². The first-order valence-electron chi connectivity index (χ1n) is 6.43. The quantitative estimate of drug-likeness (QED) is 0.348. The van der Waals surface area contributed by atoms with Crippen LogP contribution in [-0.4, -0.2) is 27.3 Å². The lowest BCUT2D eigenvalue weighted by atomic mass is 10.1. The summed E-state index contributed by atoms with van der Waals surface area (Å²) in [6, 6.07) is 9.81. The molecule has 1 aromatic rings. The Morgan fingerprint density at radius 2 is 1.71 bits per heavy atom. The van der Waals surface area contributed by atoms with Gasteiger partial charge in [0.1, 0.15) is 11.3 Å². The molecule has 0 amide bonds. The average molecular weight is 288 g/mol. The van der Waals surface area contributed by atoms with Gasteiger partial charge in [0.15, 0.2) is 0 Å². The molecule has 0 radical (unpaired) electrons. The van der Waals surface area contributed by atoms with Crippen molar-refractivity contribution in [2.24, 2.45) is 0 Å². The Morgan fingerprint density at radius 3 is 2.24 bits per heavy atom. The molecule has 0 aliphatic heterocycles. The summed E-state index contributed by atoms with van der Waals surface area (Å²) in [6.45, 7) is 1.77. The summed E-state index contributed by atoms with van der Waals surface area (Å²) >= 11 is 0. The van der Waals surface area contributed by atoms with Gasteiger partial charge < -0.3 is 14.2 Å². The number of hydrogen-bond acceptors (Lipinski definition) is 4. The van der Waals surface area contributed by atoms with Crippen LogP contribution in [0.3, 0.4) is 0 Å². The fourth-order valence-electron chi connectivity index (χ4n) is 1.73. The molecule has 0 saturated heterocycles. The van der Waals surface area contributed by atoms with E-state index in [1.807, 2.05) is 36.4 Å². The maximum Gasteiger partial charge on any atom is 0.341 e. The fourth-order valence-corrected chi connectivity index (χ4v) is 1.73. The topological polar surface area (TPSA) is 44.8 Å². The van der Waals surface area contributed by atoms with Crippen LogP contribution in [0.1, 0.15) is 12.5 Å². The van der Waals surface area contributed by atoms with E-state index in [9.17, 15) is 4.79 Å². The van der Waals surface area contributed by atoms with Crippen molar-refractivity contribution in [3.05, 3.63) is 65.1 Å². The van der Waals surface area contributed by atoms with Crippen LogP contribution in [0, 0.1) is 0 Å². The van der Waals surface area contributed by atoms with E-state index in [0.717, 1.165) is 5.56 Å². The first-order valence-corrected chi connectivity index (χ1v) is 6.43. The zero-order valence-corrected chi connectivity index (χ0v) is 12.8. The Labute approximate surface area is 125 Å². The first-order chi connectivity index (χ1) is 10.1. The molecular formula is C17H20O4. The molecule has 4 heteroatoms. The maximum absolute atomic E-state index is 11.8. The minimum Gasteiger partial charge on any atom is -0.503 e. The number of esters is 1. The Balaban J connectivity index is 3.12. The van der Waals surface area contributed by atoms with Crippen LogP contribution in [-0.2, 0) is 19.0 Å². The van der Waals surface area contributed by atoms with E-state index in [0.29, 0.717) is 16.9 Å². The molecule has 0 unspecified atom stereocenters. The predicted molar refractivity (Wildman–Crippen MR) is 82.3 cm³/mol. The van der Waals surface area contributed by atoms with E-state index < -0.39 is 5.97 Å². The van der Waals surface area contributed by atoms with Gasteiger partial charge in [0, 0.05) is 5.57 Å².